The number of ether oxygens (including phenoxy) is 1. The van der Waals surface area contributed by atoms with Gasteiger partial charge in [0, 0.05) is 12.0 Å². The molecule has 0 heterocycles. The molecule has 1 amide bonds. The monoisotopic (exact) mass is 333 g/mol. The summed E-state index contributed by atoms with van der Waals surface area (Å²) in [5, 5.41) is 20.5. The molecular formula is C18H23NO5. The maximum atomic E-state index is 11.7. The number of amides is 1. The van der Waals surface area contributed by atoms with Crippen molar-refractivity contribution in [1.82, 2.24) is 5.32 Å². The highest BCUT2D eigenvalue weighted by atomic mass is 16.5. The lowest BCUT2D eigenvalue weighted by atomic mass is 10.1. The number of hydrogen-bond acceptors (Lipinski definition) is 4. The summed E-state index contributed by atoms with van der Waals surface area (Å²) in [4.78, 5) is 23.0. The van der Waals surface area contributed by atoms with Crippen LogP contribution in [0.2, 0.25) is 0 Å². The van der Waals surface area contributed by atoms with Crippen LogP contribution in [0.5, 0.6) is 0 Å². The molecule has 0 saturated heterocycles. The fourth-order valence-corrected chi connectivity index (χ4v) is 1.49. The second-order valence-electron chi connectivity index (χ2n) is 5.00. The number of aliphatic hydroxyl groups excluding tert-OH is 1. The molecule has 24 heavy (non-hydrogen) atoms. The summed E-state index contributed by atoms with van der Waals surface area (Å²) in [6, 6.07) is -1.23. The first-order chi connectivity index (χ1) is 11.3. The summed E-state index contributed by atoms with van der Waals surface area (Å²) >= 11 is 0. The van der Waals surface area contributed by atoms with Crippen LogP contribution in [-0.2, 0) is 9.53 Å². The van der Waals surface area contributed by atoms with Gasteiger partial charge in [0.05, 0.1) is 5.76 Å². The number of alkyl carbamates (subject to hydrolysis) is 1. The van der Waals surface area contributed by atoms with Crippen molar-refractivity contribution >= 4 is 12.1 Å². The molecule has 0 aromatic heterocycles. The van der Waals surface area contributed by atoms with Gasteiger partial charge >= 0.3 is 12.1 Å². The minimum Gasteiger partial charge on any atom is -0.513 e. The van der Waals surface area contributed by atoms with E-state index in [-0.39, 0.29) is 18.8 Å². The van der Waals surface area contributed by atoms with Crippen LogP contribution in [0, 0.1) is 12.3 Å². The SMILES string of the molecule is C#C/C(=C\C=C(/C)O)C[C@H](NC(=O)OC/C(C)=C/C=C\C)C(=O)O. The molecule has 0 aromatic carbocycles. The van der Waals surface area contributed by atoms with Gasteiger partial charge in [-0.05, 0) is 38.5 Å². The quantitative estimate of drug-likeness (QED) is 0.360. The molecule has 6 heteroatoms. The van der Waals surface area contributed by atoms with Gasteiger partial charge in [0.2, 0.25) is 0 Å². The summed E-state index contributed by atoms with van der Waals surface area (Å²) in [7, 11) is 0. The molecule has 0 spiro atoms. The van der Waals surface area contributed by atoms with E-state index in [1.54, 1.807) is 19.1 Å². The van der Waals surface area contributed by atoms with Gasteiger partial charge in [-0.1, -0.05) is 24.1 Å². The number of aliphatic hydroxyl groups is 1. The Labute approximate surface area is 142 Å². The molecular weight excluding hydrogens is 310 g/mol. The second-order valence-corrected chi connectivity index (χ2v) is 5.00. The van der Waals surface area contributed by atoms with E-state index < -0.39 is 18.1 Å². The number of rotatable bonds is 8. The van der Waals surface area contributed by atoms with Crippen LogP contribution >= 0.6 is 0 Å². The zero-order chi connectivity index (χ0) is 18.5. The molecule has 0 fully saturated rings. The average molecular weight is 333 g/mol. The van der Waals surface area contributed by atoms with Crippen molar-refractivity contribution in [2.45, 2.75) is 33.2 Å². The van der Waals surface area contributed by atoms with Crippen LogP contribution in [0.3, 0.4) is 0 Å². The lowest BCUT2D eigenvalue weighted by molar-refractivity contribution is -0.139. The fraction of sp³-hybridized carbons (Fsp3) is 0.333. The molecule has 3 N–H and O–H groups in total. The number of carboxylic acid groups (broad SMARTS) is 1. The molecule has 0 bridgehead atoms. The van der Waals surface area contributed by atoms with Gasteiger partial charge in [-0.15, -0.1) is 6.42 Å². The van der Waals surface area contributed by atoms with E-state index in [1.807, 2.05) is 13.0 Å². The first-order valence-electron chi connectivity index (χ1n) is 7.27. The van der Waals surface area contributed by atoms with Crippen molar-refractivity contribution in [3.63, 3.8) is 0 Å². The number of aliphatic carboxylic acids is 1. The zero-order valence-electron chi connectivity index (χ0n) is 14.1. The van der Waals surface area contributed by atoms with E-state index in [2.05, 4.69) is 11.2 Å². The van der Waals surface area contributed by atoms with Gasteiger partial charge in [0.1, 0.15) is 12.6 Å². The molecule has 0 aliphatic rings. The van der Waals surface area contributed by atoms with Crippen molar-refractivity contribution in [3.05, 3.63) is 47.3 Å². The first-order valence-corrected chi connectivity index (χ1v) is 7.27. The van der Waals surface area contributed by atoms with Crippen LogP contribution < -0.4 is 5.32 Å². The third-order valence-electron chi connectivity index (χ3n) is 2.73. The van der Waals surface area contributed by atoms with Crippen molar-refractivity contribution in [3.8, 4) is 12.3 Å². The Bertz CT molecular complexity index is 601. The molecule has 1 atom stereocenters. The van der Waals surface area contributed by atoms with E-state index in [9.17, 15) is 14.7 Å². The number of carbonyl (C=O) groups excluding carboxylic acids is 1. The zero-order valence-corrected chi connectivity index (χ0v) is 14.1. The Hall–Kier alpha value is -2.94. The Morgan fingerprint density at radius 1 is 1.25 bits per heavy atom. The molecule has 0 radical (unpaired) electrons. The largest absolute Gasteiger partial charge is 0.513 e. The standard InChI is InChI=1S/C18H23NO5/c1-5-7-8-13(3)12-24-18(23)19-16(17(21)22)11-15(6-2)10-9-14(4)20/h2,5,7-10,16,20H,11-12H2,1,3-4H3,(H,19,23)(H,21,22)/b7-5-,13-8+,14-9+,15-10+/t16-/m0/s1. The Morgan fingerprint density at radius 3 is 2.42 bits per heavy atom. The Kier molecular flexibility index (Phi) is 10.2. The molecule has 0 aliphatic carbocycles. The van der Waals surface area contributed by atoms with Crippen molar-refractivity contribution in [1.29, 1.82) is 0 Å². The number of terminal acetylenes is 1. The van der Waals surface area contributed by atoms with Gasteiger partial charge < -0.3 is 20.3 Å². The van der Waals surface area contributed by atoms with Crippen molar-refractivity contribution in [2.75, 3.05) is 6.61 Å². The molecule has 0 aromatic rings. The van der Waals surface area contributed by atoms with Gasteiger partial charge in [-0.3, -0.25) is 0 Å². The third-order valence-corrected chi connectivity index (χ3v) is 2.73. The summed E-state index contributed by atoms with van der Waals surface area (Å²) in [6.07, 6.45) is 12.5. The Morgan fingerprint density at radius 2 is 1.92 bits per heavy atom. The number of carbonyl (C=O) groups is 2. The lowest BCUT2D eigenvalue weighted by Crippen LogP contribution is -2.41. The number of nitrogens with one attached hydrogen (secondary N) is 1. The van der Waals surface area contributed by atoms with Gasteiger partial charge in [0.15, 0.2) is 0 Å². The highest BCUT2D eigenvalue weighted by Gasteiger charge is 2.21. The van der Waals surface area contributed by atoms with Crippen molar-refractivity contribution in [2.24, 2.45) is 0 Å². The lowest BCUT2D eigenvalue weighted by Gasteiger charge is -2.14. The van der Waals surface area contributed by atoms with E-state index in [1.165, 1.54) is 19.1 Å². The van der Waals surface area contributed by atoms with Crippen LogP contribution in [0.4, 0.5) is 4.79 Å². The minimum atomic E-state index is -1.24. The normalized spacial score (nSPS) is 14.2. The summed E-state index contributed by atoms with van der Waals surface area (Å²) in [5.74, 6) is 1.12. The van der Waals surface area contributed by atoms with Crippen LogP contribution in [0.25, 0.3) is 0 Å². The van der Waals surface area contributed by atoms with E-state index in [4.69, 9.17) is 16.3 Å². The summed E-state index contributed by atoms with van der Waals surface area (Å²) in [5.41, 5.74) is 1.13. The maximum absolute atomic E-state index is 11.7. The highest BCUT2D eigenvalue weighted by molar-refractivity contribution is 5.80. The van der Waals surface area contributed by atoms with E-state index >= 15 is 0 Å². The van der Waals surface area contributed by atoms with Gasteiger partial charge in [-0.2, -0.15) is 0 Å². The number of hydrogen-bond donors (Lipinski definition) is 3. The molecule has 130 valence electrons. The second kappa shape index (κ2) is 11.6. The smallest absolute Gasteiger partial charge is 0.408 e. The third kappa shape index (κ3) is 9.90. The van der Waals surface area contributed by atoms with E-state index in [0.29, 0.717) is 5.57 Å². The van der Waals surface area contributed by atoms with E-state index in [0.717, 1.165) is 5.57 Å². The predicted octanol–water partition coefficient (Wildman–Crippen LogP) is 3.10. The molecule has 0 rings (SSSR count). The number of carboxylic acids is 1. The van der Waals surface area contributed by atoms with Crippen LogP contribution in [-0.4, -0.2) is 34.9 Å². The highest BCUT2D eigenvalue weighted by Crippen LogP contribution is 2.07. The van der Waals surface area contributed by atoms with Gasteiger partial charge in [0.25, 0.3) is 0 Å². The average Bonchev–Trinajstić information content (AvgIpc) is 2.53. The predicted molar refractivity (Wildman–Crippen MR) is 92.4 cm³/mol. The van der Waals surface area contributed by atoms with Crippen LogP contribution in [0.15, 0.2) is 47.3 Å². The van der Waals surface area contributed by atoms with Crippen molar-refractivity contribution < 1.29 is 24.5 Å². The fourth-order valence-electron chi connectivity index (χ4n) is 1.49. The minimum absolute atomic E-state index is 0.0328. The van der Waals surface area contributed by atoms with Gasteiger partial charge in [-0.25, -0.2) is 9.59 Å². The molecule has 0 unspecified atom stereocenters. The number of allylic oxidation sites excluding steroid dienone is 6. The molecule has 0 aliphatic heterocycles. The first kappa shape index (κ1) is 21.1. The molecule has 0 saturated carbocycles. The summed E-state index contributed by atoms with van der Waals surface area (Å²) in [6.45, 7) is 5.15. The topological polar surface area (TPSA) is 95.9 Å². The molecule has 6 nitrogen and oxygen atoms in total. The van der Waals surface area contributed by atoms with Crippen LogP contribution in [0.1, 0.15) is 27.2 Å². The maximum Gasteiger partial charge on any atom is 0.408 e. The summed E-state index contributed by atoms with van der Waals surface area (Å²) < 4.78 is 4.96. The Balaban J connectivity index is 4.77.